The maximum absolute atomic E-state index is 6.18. The van der Waals surface area contributed by atoms with Gasteiger partial charge < -0.3 is 4.98 Å². The topological polar surface area (TPSA) is 15.8 Å². The zero-order valence-corrected chi connectivity index (χ0v) is 11.2. The lowest BCUT2D eigenvalue weighted by atomic mass is 10.0. The number of nitrogens with one attached hydrogen (secondary N) is 1. The monoisotopic (exact) mass is 279 g/mol. The number of pyridine rings is 1. The molecule has 0 atom stereocenters. The Morgan fingerprint density at radius 1 is 1.29 bits per heavy atom. The average molecular weight is 280 g/mol. The van der Waals surface area contributed by atoms with E-state index in [-0.39, 0.29) is 0 Å². The minimum absolute atomic E-state index is 0.418. The van der Waals surface area contributed by atoms with Crippen LogP contribution in [0.2, 0.25) is 10.2 Å². The molecule has 1 heterocycles. The number of allylic oxidation sites excluding steroid dienone is 3. The zero-order valence-electron chi connectivity index (χ0n) is 8.90. The van der Waals surface area contributed by atoms with Crippen LogP contribution in [0.3, 0.4) is 0 Å². The summed E-state index contributed by atoms with van der Waals surface area (Å²) in [5.41, 5.74) is 5.59. The predicted molar refractivity (Wildman–Crippen MR) is 74.7 cm³/mol. The minimum atomic E-state index is 0.418. The highest BCUT2D eigenvalue weighted by molar-refractivity contribution is 7.71. The van der Waals surface area contributed by atoms with Gasteiger partial charge in [0.15, 0.2) is 0 Å². The second-order valence-electron chi connectivity index (χ2n) is 3.43. The molecule has 0 bridgehead atoms. The molecule has 1 N–H and O–H groups in total. The van der Waals surface area contributed by atoms with Crippen LogP contribution >= 0.6 is 35.4 Å². The van der Waals surface area contributed by atoms with Gasteiger partial charge in [-0.1, -0.05) is 47.3 Å². The molecule has 17 heavy (non-hydrogen) atoms. The standard InChI is InChI=1S/C13H7Cl2NS/c1-8-5-3-2-4-6-9(8)12-10(14)7-11(15)16-13(12)17/h3,6-7H,1H3,(H,16,17). The molecule has 0 aromatic carbocycles. The molecule has 1 nitrogen and oxygen atoms in total. The third kappa shape index (κ3) is 2.54. The van der Waals surface area contributed by atoms with E-state index >= 15 is 0 Å². The molecule has 0 aliphatic heterocycles. The van der Waals surface area contributed by atoms with Crippen LogP contribution in [0, 0.1) is 16.5 Å². The molecule has 1 aliphatic rings. The SMILES string of the molecule is CC1=C=CC#CC=C1c1c(Cl)cc(Cl)[nH]c1=S. The van der Waals surface area contributed by atoms with Gasteiger partial charge in [-0.2, -0.15) is 0 Å². The third-order valence-corrected chi connectivity index (χ3v) is 3.09. The van der Waals surface area contributed by atoms with Crippen LogP contribution in [0.4, 0.5) is 0 Å². The first kappa shape index (κ1) is 12.2. The Morgan fingerprint density at radius 3 is 2.76 bits per heavy atom. The van der Waals surface area contributed by atoms with Gasteiger partial charge in [0.05, 0.1) is 5.02 Å². The van der Waals surface area contributed by atoms with Gasteiger partial charge in [-0.05, 0) is 19.1 Å². The molecule has 84 valence electrons. The molecule has 1 aromatic heterocycles. The predicted octanol–water partition coefficient (Wildman–Crippen LogP) is 4.55. The highest BCUT2D eigenvalue weighted by atomic mass is 35.5. The zero-order chi connectivity index (χ0) is 12.4. The van der Waals surface area contributed by atoms with Gasteiger partial charge in [0, 0.05) is 22.8 Å². The normalized spacial score (nSPS) is 13.4. The molecule has 0 unspecified atom stereocenters. The fourth-order valence-electron chi connectivity index (χ4n) is 1.50. The molecule has 0 saturated carbocycles. The van der Waals surface area contributed by atoms with E-state index in [4.69, 9.17) is 35.4 Å². The molecule has 0 amide bonds. The van der Waals surface area contributed by atoms with Crippen LogP contribution in [-0.2, 0) is 0 Å². The second kappa shape index (κ2) is 4.96. The fraction of sp³-hybridized carbons (Fsp3) is 0.0769. The van der Waals surface area contributed by atoms with Crippen molar-refractivity contribution in [2.24, 2.45) is 0 Å². The van der Waals surface area contributed by atoms with Crippen molar-refractivity contribution >= 4 is 41.0 Å². The smallest absolute Gasteiger partial charge is 0.113 e. The minimum Gasteiger partial charge on any atom is -0.337 e. The van der Waals surface area contributed by atoms with Crippen molar-refractivity contribution in [2.75, 3.05) is 0 Å². The summed E-state index contributed by atoms with van der Waals surface area (Å²) >= 11 is 17.3. The summed E-state index contributed by atoms with van der Waals surface area (Å²) in [6.07, 6.45) is 3.46. The van der Waals surface area contributed by atoms with Gasteiger partial charge in [0.2, 0.25) is 0 Å². The molecule has 0 fully saturated rings. The number of H-pyrrole nitrogens is 1. The Balaban J connectivity index is 2.73. The van der Waals surface area contributed by atoms with Gasteiger partial charge in [-0.15, -0.1) is 5.73 Å². The summed E-state index contributed by atoms with van der Waals surface area (Å²) in [6, 6.07) is 1.63. The third-order valence-electron chi connectivity index (χ3n) is 2.29. The van der Waals surface area contributed by atoms with E-state index in [1.165, 1.54) is 0 Å². The van der Waals surface area contributed by atoms with Crippen molar-refractivity contribution in [3.8, 4) is 11.8 Å². The van der Waals surface area contributed by atoms with Crippen LogP contribution in [0.1, 0.15) is 12.5 Å². The van der Waals surface area contributed by atoms with E-state index in [1.807, 2.05) is 6.92 Å². The number of hydrogen-bond donors (Lipinski definition) is 1. The number of rotatable bonds is 1. The summed E-state index contributed by atoms with van der Waals surface area (Å²) in [4.78, 5) is 2.87. The summed E-state index contributed by atoms with van der Waals surface area (Å²) in [5.74, 6) is 5.72. The first-order chi connectivity index (χ1) is 8.09. The molecule has 4 heteroatoms. The Morgan fingerprint density at radius 2 is 2.06 bits per heavy atom. The maximum atomic E-state index is 6.18. The lowest BCUT2D eigenvalue weighted by molar-refractivity contribution is 1.27. The van der Waals surface area contributed by atoms with E-state index in [1.54, 1.807) is 18.2 Å². The van der Waals surface area contributed by atoms with E-state index in [0.29, 0.717) is 14.8 Å². The molecular weight excluding hydrogens is 273 g/mol. The van der Waals surface area contributed by atoms with Gasteiger partial charge in [-0.25, -0.2) is 0 Å². The number of aromatic amines is 1. The highest BCUT2D eigenvalue weighted by Gasteiger charge is 2.12. The van der Waals surface area contributed by atoms with Gasteiger partial charge >= 0.3 is 0 Å². The first-order valence-corrected chi connectivity index (χ1v) is 5.98. The van der Waals surface area contributed by atoms with Gasteiger partial charge in [0.25, 0.3) is 0 Å². The maximum Gasteiger partial charge on any atom is 0.113 e. The summed E-state index contributed by atoms with van der Waals surface area (Å²) in [6.45, 7) is 1.93. The second-order valence-corrected chi connectivity index (χ2v) is 4.65. The lowest BCUT2D eigenvalue weighted by Gasteiger charge is -2.08. The summed E-state index contributed by atoms with van der Waals surface area (Å²) < 4.78 is 0.499. The van der Waals surface area contributed by atoms with Crippen molar-refractivity contribution in [3.63, 3.8) is 0 Å². The van der Waals surface area contributed by atoms with Crippen molar-refractivity contribution in [1.29, 1.82) is 0 Å². The Kier molecular flexibility index (Phi) is 3.57. The van der Waals surface area contributed by atoms with Crippen LogP contribution in [-0.4, -0.2) is 4.98 Å². The highest BCUT2D eigenvalue weighted by Crippen LogP contribution is 2.31. The molecule has 1 aromatic rings. The largest absolute Gasteiger partial charge is 0.337 e. The van der Waals surface area contributed by atoms with Crippen molar-refractivity contribution in [2.45, 2.75) is 6.92 Å². The van der Waals surface area contributed by atoms with Crippen LogP contribution in [0.25, 0.3) is 5.57 Å². The fourth-order valence-corrected chi connectivity index (χ4v) is 2.50. The molecule has 0 saturated heterocycles. The van der Waals surface area contributed by atoms with E-state index < -0.39 is 0 Å². The van der Waals surface area contributed by atoms with Crippen molar-refractivity contribution < 1.29 is 0 Å². The molecular formula is C13H7Cl2NS. The average Bonchev–Trinajstić information content (AvgIpc) is 2.43. The molecule has 0 spiro atoms. The van der Waals surface area contributed by atoms with E-state index in [0.717, 1.165) is 16.7 Å². The molecule has 0 radical (unpaired) electrons. The van der Waals surface area contributed by atoms with E-state index in [2.05, 4.69) is 22.6 Å². The Labute approximate surface area is 114 Å². The summed E-state index contributed by atoms with van der Waals surface area (Å²) in [7, 11) is 0. The summed E-state index contributed by atoms with van der Waals surface area (Å²) in [5, 5.41) is 0.927. The van der Waals surface area contributed by atoms with Crippen molar-refractivity contribution in [3.05, 3.63) is 49.9 Å². The van der Waals surface area contributed by atoms with E-state index in [9.17, 15) is 0 Å². The first-order valence-electron chi connectivity index (χ1n) is 4.81. The van der Waals surface area contributed by atoms with Crippen LogP contribution < -0.4 is 0 Å². The molecule has 1 aliphatic carbocycles. The van der Waals surface area contributed by atoms with Crippen LogP contribution in [0.5, 0.6) is 0 Å². The Hall–Kier alpha value is -1.23. The number of halogens is 2. The van der Waals surface area contributed by atoms with Gasteiger partial charge in [-0.3, -0.25) is 0 Å². The number of aromatic nitrogens is 1. The van der Waals surface area contributed by atoms with Crippen molar-refractivity contribution in [1.82, 2.24) is 4.98 Å². The Bertz CT molecular complexity index is 692. The molecule has 2 rings (SSSR count). The quantitative estimate of drug-likeness (QED) is 0.345. The van der Waals surface area contributed by atoms with Gasteiger partial charge in [0.1, 0.15) is 9.79 Å². The lowest BCUT2D eigenvalue weighted by Crippen LogP contribution is -1.92. The van der Waals surface area contributed by atoms with Crippen LogP contribution in [0.15, 0.2) is 29.5 Å². The number of hydrogen-bond acceptors (Lipinski definition) is 1.